The van der Waals surface area contributed by atoms with Crippen LogP contribution in [0, 0.1) is 0 Å². The van der Waals surface area contributed by atoms with Gasteiger partial charge in [-0.25, -0.2) is 9.37 Å². The second kappa shape index (κ2) is 7.83. The van der Waals surface area contributed by atoms with Crippen LogP contribution in [0.1, 0.15) is 21.5 Å². The summed E-state index contributed by atoms with van der Waals surface area (Å²) in [6.45, 7) is -0.896. The van der Waals surface area contributed by atoms with Gasteiger partial charge in [-0.3, -0.25) is 9.78 Å². The van der Waals surface area contributed by atoms with Gasteiger partial charge in [0.25, 0.3) is 5.91 Å². The first-order valence-corrected chi connectivity index (χ1v) is 8.23. The molecule has 3 heterocycles. The van der Waals surface area contributed by atoms with Crippen molar-refractivity contribution < 1.29 is 27.1 Å². The number of aromatic nitrogens is 3. The molecule has 3 aromatic heterocycles. The molecule has 1 amide bonds. The topological polar surface area (TPSA) is 69.0 Å². The molecule has 0 saturated carbocycles. The second-order valence-electron chi connectivity index (χ2n) is 5.88. The summed E-state index contributed by atoms with van der Waals surface area (Å²) in [5.41, 5.74) is 0.376. The minimum atomic E-state index is -4.55. The molecule has 0 aromatic carbocycles. The van der Waals surface area contributed by atoms with Crippen LogP contribution >= 0.6 is 0 Å². The largest absolute Gasteiger partial charge is 0.481 e. The lowest BCUT2D eigenvalue weighted by Crippen LogP contribution is -2.25. The van der Waals surface area contributed by atoms with Crippen molar-refractivity contribution in [1.29, 1.82) is 0 Å². The number of methoxy groups -OCH3 is 1. The zero-order valence-corrected chi connectivity index (χ0v) is 14.8. The predicted molar refractivity (Wildman–Crippen MR) is 92.9 cm³/mol. The highest BCUT2D eigenvalue weighted by molar-refractivity contribution is 6.05. The van der Waals surface area contributed by atoms with Gasteiger partial charge in [0.1, 0.15) is 12.2 Å². The van der Waals surface area contributed by atoms with Gasteiger partial charge in [0, 0.05) is 30.7 Å². The summed E-state index contributed by atoms with van der Waals surface area (Å²) in [5, 5.41) is 2.42. The van der Waals surface area contributed by atoms with Crippen LogP contribution in [-0.2, 0) is 12.7 Å². The van der Waals surface area contributed by atoms with Crippen molar-refractivity contribution in [2.24, 2.45) is 0 Å². The van der Waals surface area contributed by atoms with Gasteiger partial charge in [-0.2, -0.15) is 13.2 Å². The van der Waals surface area contributed by atoms with Gasteiger partial charge in [-0.05, 0) is 18.2 Å². The SMILES string of the molecule is COc1ncc(C(F)(F)F)cc1Cn1cc(C(=O)NCCF)c2ncccc21. The maximum absolute atomic E-state index is 13.0. The van der Waals surface area contributed by atoms with E-state index in [0.29, 0.717) is 17.2 Å². The molecule has 0 spiro atoms. The molecule has 0 bridgehead atoms. The van der Waals surface area contributed by atoms with Crippen LogP contribution in [0.25, 0.3) is 11.0 Å². The molecular formula is C18H16F4N4O2. The van der Waals surface area contributed by atoms with E-state index in [1.165, 1.54) is 19.5 Å². The molecule has 0 saturated heterocycles. The third-order valence-corrected chi connectivity index (χ3v) is 4.05. The first-order chi connectivity index (χ1) is 13.3. The number of carbonyl (C=O) groups excluding carboxylic acids is 1. The average Bonchev–Trinajstić information content (AvgIpc) is 3.04. The number of rotatable bonds is 6. The number of pyridine rings is 2. The van der Waals surface area contributed by atoms with Crippen molar-refractivity contribution in [1.82, 2.24) is 19.9 Å². The minimum Gasteiger partial charge on any atom is -0.481 e. The van der Waals surface area contributed by atoms with Gasteiger partial charge < -0.3 is 14.6 Å². The van der Waals surface area contributed by atoms with E-state index in [4.69, 9.17) is 4.74 Å². The van der Waals surface area contributed by atoms with E-state index in [0.717, 1.165) is 6.07 Å². The Bertz CT molecular complexity index is 1000. The first kappa shape index (κ1) is 19.6. The molecule has 3 aromatic rings. The summed E-state index contributed by atoms with van der Waals surface area (Å²) in [6.07, 6.45) is -0.894. The molecule has 0 unspecified atom stereocenters. The minimum absolute atomic E-state index is 0.0291. The zero-order valence-electron chi connectivity index (χ0n) is 14.8. The van der Waals surface area contributed by atoms with Crippen molar-refractivity contribution in [2.75, 3.05) is 20.3 Å². The highest BCUT2D eigenvalue weighted by Crippen LogP contribution is 2.32. The number of nitrogens with zero attached hydrogens (tertiary/aromatic N) is 3. The van der Waals surface area contributed by atoms with Gasteiger partial charge in [0.05, 0.1) is 30.3 Å². The van der Waals surface area contributed by atoms with E-state index < -0.39 is 24.3 Å². The molecule has 0 atom stereocenters. The summed E-state index contributed by atoms with van der Waals surface area (Å²) in [5.74, 6) is -0.476. The number of ether oxygens (including phenoxy) is 1. The zero-order chi connectivity index (χ0) is 20.3. The molecular weight excluding hydrogens is 380 g/mol. The van der Waals surface area contributed by atoms with Crippen molar-refractivity contribution in [2.45, 2.75) is 12.7 Å². The Balaban J connectivity index is 2.05. The van der Waals surface area contributed by atoms with Crippen molar-refractivity contribution in [3.63, 3.8) is 0 Å². The molecule has 28 heavy (non-hydrogen) atoms. The third kappa shape index (κ3) is 3.90. The summed E-state index contributed by atoms with van der Waals surface area (Å²) in [6, 6.07) is 4.28. The summed E-state index contributed by atoms with van der Waals surface area (Å²) >= 11 is 0. The fraction of sp³-hybridized carbons (Fsp3) is 0.278. The summed E-state index contributed by atoms with van der Waals surface area (Å²) in [4.78, 5) is 20.2. The van der Waals surface area contributed by atoms with E-state index in [1.807, 2.05) is 0 Å². The normalized spacial score (nSPS) is 11.6. The van der Waals surface area contributed by atoms with Gasteiger partial charge in [-0.1, -0.05) is 0 Å². The van der Waals surface area contributed by atoms with Crippen LogP contribution in [0.4, 0.5) is 17.6 Å². The van der Waals surface area contributed by atoms with E-state index in [-0.39, 0.29) is 30.1 Å². The molecule has 0 fully saturated rings. The number of amides is 1. The fourth-order valence-corrected chi connectivity index (χ4v) is 2.81. The smallest absolute Gasteiger partial charge is 0.417 e. The molecule has 1 N–H and O–H groups in total. The van der Waals surface area contributed by atoms with Crippen LogP contribution in [-0.4, -0.2) is 40.8 Å². The summed E-state index contributed by atoms with van der Waals surface area (Å²) < 4.78 is 58.1. The van der Waals surface area contributed by atoms with Crippen LogP contribution in [0.5, 0.6) is 5.88 Å². The van der Waals surface area contributed by atoms with Crippen LogP contribution in [0.3, 0.4) is 0 Å². The van der Waals surface area contributed by atoms with Gasteiger partial charge in [0.15, 0.2) is 0 Å². The number of fused-ring (bicyclic) bond motifs is 1. The Kier molecular flexibility index (Phi) is 5.48. The highest BCUT2D eigenvalue weighted by atomic mass is 19.4. The number of nitrogens with one attached hydrogen (secondary N) is 1. The molecule has 0 aliphatic heterocycles. The maximum atomic E-state index is 13.0. The van der Waals surface area contributed by atoms with Gasteiger partial charge in [0.2, 0.25) is 5.88 Å². The lowest BCUT2D eigenvalue weighted by molar-refractivity contribution is -0.137. The molecule has 10 heteroatoms. The van der Waals surface area contributed by atoms with Crippen molar-refractivity contribution in [3.05, 3.63) is 53.5 Å². The molecule has 0 aliphatic rings. The van der Waals surface area contributed by atoms with Crippen LogP contribution < -0.4 is 10.1 Å². The number of hydrogen-bond acceptors (Lipinski definition) is 4. The van der Waals surface area contributed by atoms with Gasteiger partial charge in [-0.15, -0.1) is 0 Å². The highest BCUT2D eigenvalue weighted by Gasteiger charge is 2.32. The maximum Gasteiger partial charge on any atom is 0.417 e. The van der Waals surface area contributed by atoms with E-state index in [2.05, 4.69) is 15.3 Å². The van der Waals surface area contributed by atoms with Crippen LogP contribution in [0.2, 0.25) is 0 Å². The monoisotopic (exact) mass is 396 g/mol. The van der Waals surface area contributed by atoms with Crippen molar-refractivity contribution >= 4 is 16.9 Å². The quantitative estimate of drug-likeness (QED) is 0.650. The standard InChI is InChI=1S/C18H16F4N4O2/c1-28-17-11(7-12(8-25-17)18(20,21)22)9-26-10-13(16(27)24-6-4-19)15-14(26)3-2-5-23-15/h2-3,5,7-8,10H,4,6,9H2,1H3,(H,24,27). The number of hydrogen-bond donors (Lipinski definition) is 1. The molecule has 0 aliphatic carbocycles. The first-order valence-electron chi connectivity index (χ1n) is 8.23. The number of carbonyl (C=O) groups is 1. The Morgan fingerprint density at radius 2 is 2.11 bits per heavy atom. The number of halogens is 4. The average molecular weight is 396 g/mol. The molecule has 6 nitrogen and oxygen atoms in total. The lowest BCUT2D eigenvalue weighted by atomic mass is 10.2. The molecule has 0 radical (unpaired) electrons. The molecule has 148 valence electrons. The van der Waals surface area contributed by atoms with E-state index in [1.54, 1.807) is 16.7 Å². The second-order valence-corrected chi connectivity index (χ2v) is 5.88. The van der Waals surface area contributed by atoms with E-state index >= 15 is 0 Å². The van der Waals surface area contributed by atoms with Crippen LogP contribution in [0.15, 0.2) is 36.8 Å². The summed E-state index contributed by atoms with van der Waals surface area (Å²) in [7, 11) is 1.31. The Morgan fingerprint density at radius 3 is 2.79 bits per heavy atom. The fourth-order valence-electron chi connectivity index (χ4n) is 2.81. The molecule has 3 rings (SSSR count). The number of alkyl halides is 4. The van der Waals surface area contributed by atoms with Crippen molar-refractivity contribution in [3.8, 4) is 5.88 Å². The van der Waals surface area contributed by atoms with E-state index in [9.17, 15) is 22.4 Å². The third-order valence-electron chi connectivity index (χ3n) is 4.05. The van der Waals surface area contributed by atoms with Gasteiger partial charge >= 0.3 is 6.18 Å². The Morgan fingerprint density at radius 1 is 1.32 bits per heavy atom. The lowest BCUT2D eigenvalue weighted by Gasteiger charge is -2.13. The Hall–Kier alpha value is -3.17. The predicted octanol–water partition coefficient (Wildman–Crippen LogP) is 3.21. The Labute approximate surface area is 157 Å².